The molecular formula is C15H25N5O. The lowest BCUT2D eigenvalue weighted by atomic mass is 10.1. The summed E-state index contributed by atoms with van der Waals surface area (Å²) in [6, 6.07) is 4.52. The average molecular weight is 291 g/mol. The second-order valence-electron chi connectivity index (χ2n) is 5.26. The molecule has 6 heteroatoms. The van der Waals surface area contributed by atoms with Crippen LogP contribution in [-0.2, 0) is 4.79 Å². The Bertz CT molecular complexity index is 374. The Morgan fingerprint density at radius 2 is 1.95 bits per heavy atom. The lowest BCUT2D eigenvalue weighted by Crippen LogP contribution is -2.50. The molecule has 1 aliphatic rings. The van der Waals surface area contributed by atoms with E-state index in [0.717, 1.165) is 32.5 Å². The van der Waals surface area contributed by atoms with E-state index in [1.807, 2.05) is 0 Å². The maximum absolute atomic E-state index is 12.4. The van der Waals surface area contributed by atoms with Gasteiger partial charge in [-0.15, -0.1) is 0 Å². The van der Waals surface area contributed by atoms with Crippen molar-refractivity contribution in [3.63, 3.8) is 0 Å². The summed E-state index contributed by atoms with van der Waals surface area (Å²) in [6.45, 7) is 6.09. The number of hydrogen-bond acceptors (Lipinski definition) is 5. The first-order valence-electron chi connectivity index (χ1n) is 7.69. The second kappa shape index (κ2) is 10.1. The fourth-order valence-electron chi connectivity index (χ4n) is 2.65. The molecule has 1 amide bonds. The fraction of sp³-hybridized carbons (Fsp3) is 0.800. The summed E-state index contributed by atoms with van der Waals surface area (Å²) in [4.78, 5) is 16.3. The standard InChI is InChI=1S/C15H25N5O/c1-2-19(14-6-3-9-18-12-14)13-15(21)20(10-4-7-16)11-5-8-17/h14,18H,2-6,9-13H2,1H3. The first-order valence-corrected chi connectivity index (χ1v) is 7.69. The van der Waals surface area contributed by atoms with Gasteiger partial charge in [-0.05, 0) is 25.9 Å². The van der Waals surface area contributed by atoms with Crippen molar-refractivity contribution in [2.75, 3.05) is 39.3 Å². The van der Waals surface area contributed by atoms with Gasteiger partial charge in [-0.25, -0.2) is 0 Å². The normalized spacial score (nSPS) is 18.0. The van der Waals surface area contributed by atoms with Crippen LogP contribution in [0.5, 0.6) is 0 Å². The maximum atomic E-state index is 12.4. The van der Waals surface area contributed by atoms with Gasteiger partial charge in [0.15, 0.2) is 0 Å². The first-order chi connectivity index (χ1) is 10.2. The van der Waals surface area contributed by atoms with E-state index >= 15 is 0 Å². The van der Waals surface area contributed by atoms with E-state index in [1.54, 1.807) is 4.90 Å². The van der Waals surface area contributed by atoms with Crippen LogP contribution in [0, 0.1) is 22.7 Å². The van der Waals surface area contributed by atoms with Crippen LogP contribution in [0.25, 0.3) is 0 Å². The highest BCUT2D eigenvalue weighted by Gasteiger charge is 2.23. The third-order valence-corrected chi connectivity index (χ3v) is 3.87. The van der Waals surface area contributed by atoms with E-state index in [-0.39, 0.29) is 5.91 Å². The molecule has 21 heavy (non-hydrogen) atoms. The highest BCUT2D eigenvalue weighted by Crippen LogP contribution is 2.10. The molecule has 1 unspecified atom stereocenters. The van der Waals surface area contributed by atoms with Crippen LogP contribution in [0.2, 0.25) is 0 Å². The molecule has 6 nitrogen and oxygen atoms in total. The van der Waals surface area contributed by atoms with E-state index in [9.17, 15) is 4.79 Å². The largest absolute Gasteiger partial charge is 0.340 e. The number of carbonyl (C=O) groups excluding carboxylic acids is 1. The van der Waals surface area contributed by atoms with Crippen molar-refractivity contribution in [1.29, 1.82) is 10.5 Å². The van der Waals surface area contributed by atoms with Crippen LogP contribution in [0.4, 0.5) is 0 Å². The Morgan fingerprint density at radius 1 is 1.29 bits per heavy atom. The molecule has 116 valence electrons. The number of carbonyl (C=O) groups is 1. The number of nitrogens with one attached hydrogen (secondary N) is 1. The highest BCUT2D eigenvalue weighted by molar-refractivity contribution is 5.78. The molecule has 1 fully saturated rings. The summed E-state index contributed by atoms with van der Waals surface area (Å²) in [6.07, 6.45) is 2.88. The monoisotopic (exact) mass is 291 g/mol. The van der Waals surface area contributed by atoms with Crippen LogP contribution >= 0.6 is 0 Å². The van der Waals surface area contributed by atoms with Gasteiger partial charge in [0.05, 0.1) is 31.5 Å². The van der Waals surface area contributed by atoms with Crippen LogP contribution < -0.4 is 5.32 Å². The van der Waals surface area contributed by atoms with Gasteiger partial charge < -0.3 is 10.2 Å². The smallest absolute Gasteiger partial charge is 0.236 e. The molecule has 1 N–H and O–H groups in total. The predicted octanol–water partition coefficient (Wildman–Crippen LogP) is 0.716. The van der Waals surface area contributed by atoms with E-state index in [1.165, 1.54) is 0 Å². The van der Waals surface area contributed by atoms with Gasteiger partial charge in [-0.2, -0.15) is 10.5 Å². The van der Waals surface area contributed by atoms with Crippen molar-refractivity contribution in [3.05, 3.63) is 0 Å². The lowest BCUT2D eigenvalue weighted by molar-refractivity contribution is -0.133. The number of amides is 1. The Balaban J connectivity index is 2.55. The van der Waals surface area contributed by atoms with E-state index < -0.39 is 0 Å². The van der Waals surface area contributed by atoms with Gasteiger partial charge in [0, 0.05) is 25.7 Å². The van der Waals surface area contributed by atoms with Gasteiger partial charge in [0.25, 0.3) is 0 Å². The Kier molecular flexibility index (Phi) is 8.42. The molecule has 1 saturated heterocycles. The maximum Gasteiger partial charge on any atom is 0.236 e. The SMILES string of the molecule is CCN(CC(=O)N(CCC#N)CCC#N)C1CCCNC1. The molecule has 0 spiro atoms. The molecule has 1 aliphatic heterocycles. The molecule has 1 atom stereocenters. The van der Waals surface area contributed by atoms with Crippen LogP contribution in [-0.4, -0.2) is 61.0 Å². The molecule has 0 radical (unpaired) electrons. The minimum atomic E-state index is 0.0212. The third-order valence-electron chi connectivity index (χ3n) is 3.87. The van der Waals surface area contributed by atoms with Crippen LogP contribution in [0.15, 0.2) is 0 Å². The van der Waals surface area contributed by atoms with E-state index in [4.69, 9.17) is 10.5 Å². The molecular weight excluding hydrogens is 266 g/mol. The van der Waals surface area contributed by atoms with Gasteiger partial charge in [-0.1, -0.05) is 6.92 Å². The summed E-state index contributed by atoms with van der Waals surface area (Å²) in [5.74, 6) is 0.0212. The third kappa shape index (κ3) is 6.12. The number of nitriles is 2. The highest BCUT2D eigenvalue weighted by atomic mass is 16.2. The number of likely N-dealkylation sites (N-methyl/N-ethyl adjacent to an activating group) is 1. The van der Waals surface area contributed by atoms with Crippen molar-refractivity contribution in [2.24, 2.45) is 0 Å². The van der Waals surface area contributed by atoms with Crippen molar-refractivity contribution >= 4 is 5.91 Å². The molecule has 1 heterocycles. The van der Waals surface area contributed by atoms with Crippen molar-refractivity contribution in [2.45, 2.75) is 38.6 Å². The molecule has 0 aromatic heterocycles. The minimum absolute atomic E-state index is 0.0212. The first kappa shape index (κ1) is 17.4. The zero-order chi connectivity index (χ0) is 15.5. The molecule has 0 aliphatic carbocycles. The fourth-order valence-corrected chi connectivity index (χ4v) is 2.65. The molecule has 0 aromatic rings. The van der Waals surface area contributed by atoms with Gasteiger partial charge in [0.2, 0.25) is 5.91 Å². The van der Waals surface area contributed by atoms with E-state index in [0.29, 0.717) is 38.5 Å². The van der Waals surface area contributed by atoms with Gasteiger partial charge in [0.1, 0.15) is 0 Å². The van der Waals surface area contributed by atoms with Crippen molar-refractivity contribution in [1.82, 2.24) is 15.1 Å². The zero-order valence-corrected chi connectivity index (χ0v) is 12.8. The minimum Gasteiger partial charge on any atom is -0.340 e. The number of hydrogen-bond donors (Lipinski definition) is 1. The summed E-state index contributed by atoms with van der Waals surface area (Å²) in [5.41, 5.74) is 0. The Hall–Kier alpha value is -1.63. The second-order valence-corrected chi connectivity index (χ2v) is 5.26. The molecule has 1 rings (SSSR count). The molecule has 0 aromatic carbocycles. The van der Waals surface area contributed by atoms with Gasteiger partial charge in [-0.3, -0.25) is 9.69 Å². The lowest BCUT2D eigenvalue weighted by Gasteiger charge is -2.34. The molecule has 0 bridgehead atoms. The summed E-state index contributed by atoms with van der Waals surface area (Å²) in [7, 11) is 0. The van der Waals surface area contributed by atoms with Crippen molar-refractivity contribution in [3.8, 4) is 12.1 Å². The summed E-state index contributed by atoms with van der Waals surface area (Å²) >= 11 is 0. The topological polar surface area (TPSA) is 83.2 Å². The Labute approximate surface area is 127 Å². The van der Waals surface area contributed by atoms with E-state index in [2.05, 4.69) is 29.3 Å². The number of nitrogens with zero attached hydrogens (tertiary/aromatic N) is 4. The Morgan fingerprint density at radius 3 is 2.43 bits per heavy atom. The summed E-state index contributed by atoms with van der Waals surface area (Å²) in [5, 5.41) is 20.7. The zero-order valence-electron chi connectivity index (χ0n) is 12.8. The van der Waals surface area contributed by atoms with Crippen LogP contribution in [0.3, 0.4) is 0 Å². The quantitative estimate of drug-likeness (QED) is 0.712. The van der Waals surface area contributed by atoms with Crippen LogP contribution in [0.1, 0.15) is 32.6 Å². The average Bonchev–Trinajstić information content (AvgIpc) is 2.53. The predicted molar refractivity (Wildman–Crippen MR) is 80.2 cm³/mol. The number of rotatable bonds is 8. The van der Waals surface area contributed by atoms with Crippen molar-refractivity contribution < 1.29 is 4.79 Å². The molecule has 0 saturated carbocycles. The number of piperidine rings is 1. The summed E-state index contributed by atoms with van der Waals surface area (Å²) < 4.78 is 0. The van der Waals surface area contributed by atoms with Gasteiger partial charge >= 0.3 is 0 Å².